The molecular weight excluding hydrogens is 222 g/mol. The van der Waals surface area contributed by atoms with Crippen LogP contribution in [0.4, 0.5) is 5.69 Å². The highest BCUT2D eigenvalue weighted by molar-refractivity contribution is 7.91. The van der Waals surface area contributed by atoms with Crippen molar-refractivity contribution in [1.29, 1.82) is 0 Å². The van der Waals surface area contributed by atoms with E-state index in [0.717, 1.165) is 0 Å². The number of sulfone groups is 1. The summed E-state index contributed by atoms with van der Waals surface area (Å²) < 4.78 is 23.9. The summed E-state index contributed by atoms with van der Waals surface area (Å²) in [5.41, 5.74) is 6.13. The Balaban J connectivity index is 2.83. The number of hydrogen-bond acceptors (Lipinski definition) is 3. The minimum atomic E-state index is -3.17. The van der Waals surface area contributed by atoms with Crippen molar-refractivity contribution in [2.24, 2.45) is 5.41 Å². The molecule has 1 aromatic rings. The highest BCUT2D eigenvalue weighted by atomic mass is 32.2. The molecule has 0 saturated carbocycles. The first-order valence-electron chi connectivity index (χ1n) is 5.29. The Morgan fingerprint density at radius 1 is 1.12 bits per heavy atom. The summed E-state index contributed by atoms with van der Waals surface area (Å²) >= 11 is 0. The highest BCUT2D eigenvalue weighted by Gasteiger charge is 2.19. The molecule has 1 rings (SSSR count). The van der Waals surface area contributed by atoms with E-state index in [1.165, 1.54) is 0 Å². The molecular formula is C12H19NO2S. The summed E-state index contributed by atoms with van der Waals surface area (Å²) in [6.45, 7) is 6.10. The molecule has 1 aromatic carbocycles. The molecule has 0 aliphatic carbocycles. The maximum absolute atomic E-state index is 11.9. The van der Waals surface area contributed by atoms with Crippen LogP contribution in [0, 0.1) is 5.41 Å². The molecule has 0 fully saturated rings. The molecule has 0 saturated heterocycles. The SMILES string of the molecule is CC(C)(C)CCS(=O)(=O)c1ccc(N)cc1. The maximum Gasteiger partial charge on any atom is 0.178 e. The number of benzene rings is 1. The number of hydrogen-bond donors (Lipinski definition) is 1. The summed E-state index contributed by atoms with van der Waals surface area (Å²) in [5.74, 6) is 0.181. The number of nitrogen functional groups attached to an aromatic ring is 1. The van der Waals surface area contributed by atoms with E-state index in [4.69, 9.17) is 5.73 Å². The minimum absolute atomic E-state index is 0.0286. The van der Waals surface area contributed by atoms with Gasteiger partial charge in [-0.2, -0.15) is 0 Å². The molecule has 0 aromatic heterocycles. The van der Waals surface area contributed by atoms with E-state index in [-0.39, 0.29) is 11.2 Å². The normalized spacial score (nSPS) is 12.7. The van der Waals surface area contributed by atoms with Crippen LogP contribution < -0.4 is 5.73 Å². The molecule has 0 bridgehead atoms. The molecule has 0 unspecified atom stereocenters. The van der Waals surface area contributed by atoms with Crippen molar-refractivity contribution in [3.8, 4) is 0 Å². The summed E-state index contributed by atoms with van der Waals surface area (Å²) in [6.07, 6.45) is 0.652. The maximum atomic E-state index is 11.9. The second-order valence-electron chi connectivity index (χ2n) is 5.20. The first-order chi connectivity index (χ1) is 7.21. The van der Waals surface area contributed by atoms with Crippen LogP contribution in [0.25, 0.3) is 0 Å². The van der Waals surface area contributed by atoms with Gasteiger partial charge in [-0.1, -0.05) is 20.8 Å². The molecule has 16 heavy (non-hydrogen) atoms. The Labute approximate surface area is 97.6 Å². The number of nitrogens with two attached hydrogens (primary N) is 1. The van der Waals surface area contributed by atoms with Crippen LogP contribution in [0.2, 0.25) is 0 Å². The van der Waals surface area contributed by atoms with E-state index in [9.17, 15) is 8.42 Å². The van der Waals surface area contributed by atoms with Crippen molar-refractivity contribution >= 4 is 15.5 Å². The average Bonchev–Trinajstić information content (AvgIpc) is 2.15. The fraction of sp³-hybridized carbons (Fsp3) is 0.500. The Morgan fingerprint density at radius 2 is 1.62 bits per heavy atom. The molecule has 0 heterocycles. The summed E-state index contributed by atoms with van der Waals surface area (Å²) in [5, 5.41) is 0. The summed E-state index contributed by atoms with van der Waals surface area (Å²) in [6, 6.07) is 6.36. The lowest BCUT2D eigenvalue weighted by Crippen LogP contribution is -2.14. The van der Waals surface area contributed by atoms with Crippen LogP contribution in [0.5, 0.6) is 0 Å². The Morgan fingerprint density at radius 3 is 2.06 bits per heavy atom. The third-order valence-electron chi connectivity index (χ3n) is 2.36. The fourth-order valence-electron chi connectivity index (χ4n) is 1.23. The number of anilines is 1. The van der Waals surface area contributed by atoms with Crippen LogP contribution >= 0.6 is 0 Å². The van der Waals surface area contributed by atoms with Crippen molar-refractivity contribution in [2.75, 3.05) is 11.5 Å². The van der Waals surface area contributed by atoms with E-state index in [1.807, 2.05) is 20.8 Å². The average molecular weight is 241 g/mol. The zero-order valence-electron chi connectivity index (χ0n) is 10.0. The van der Waals surface area contributed by atoms with Gasteiger partial charge in [0.1, 0.15) is 0 Å². The Kier molecular flexibility index (Phi) is 3.63. The fourth-order valence-corrected chi connectivity index (χ4v) is 2.90. The van der Waals surface area contributed by atoms with Gasteiger partial charge in [-0.3, -0.25) is 0 Å². The van der Waals surface area contributed by atoms with Gasteiger partial charge in [-0.05, 0) is 36.1 Å². The van der Waals surface area contributed by atoms with E-state index >= 15 is 0 Å². The van der Waals surface area contributed by atoms with Crippen molar-refractivity contribution in [2.45, 2.75) is 32.1 Å². The van der Waals surface area contributed by atoms with Crippen LogP contribution in [-0.2, 0) is 9.84 Å². The molecule has 4 heteroatoms. The minimum Gasteiger partial charge on any atom is -0.399 e. The smallest absolute Gasteiger partial charge is 0.178 e. The van der Waals surface area contributed by atoms with E-state index in [2.05, 4.69) is 0 Å². The predicted molar refractivity (Wildman–Crippen MR) is 67.0 cm³/mol. The predicted octanol–water partition coefficient (Wildman–Crippen LogP) is 2.48. The molecule has 0 amide bonds. The molecule has 0 atom stereocenters. The van der Waals surface area contributed by atoms with Gasteiger partial charge < -0.3 is 5.73 Å². The van der Waals surface area contributed by atoms with Crippen molar-refractivity contribution in [1.82, 2.24) is 0 Å². The van der Waals surface area contributed by atoms with Gasteiger partial charge in [0.2, 0.25) is 0 Å². The molecule has 0 aliphatic heterocycles. The van der Waals surface area contributed by atoms with Crippen molar-refractivity contribution < 1.29 is 8.42 Å². The lowest BCUT2D eigenvalue weighted by molar-refractivity contribution is 0.397. The van der Waals surface area contributed by atoms with Gasteiger partial charge in [0, 0.05) is 5.69 Å². The molecule has 3 nitrogen and oxygen atoms in total. The zero-order chi connectivity index (χ0) is 12.4. The largest absolute Gasteiger partial charge is 0.399 e. The van der Waals surface area contributed by atoms with Gasteiger partial charge in [0.15, 0.2) is 9.84 Å². The Bertz CT molecular complexity index is 441. The van der Waals surface area contributed by atoms with Crippen molar-refractivity contribution in [3.63, 3.8) is 0 Å². The number of rotatable bonds is 3. The highest BCUT2D eigenvalue weighted by Crippen LogP contribution is 2.22. The van der Waals surface area contributed by atoms with Gasteiger partial charge in [-0.25, -0.2) is 8.42 Å². The molecule has 0 aliphatic rings. The van der Waals surface area contributed by atoms with Gasteiger partial charge >= 0.3 is 0 Å². The van der Waals surface area contributed by atoms with E-state index in [0.29, 0.717) is 17.0 Å². The summed E-state index contributed by atoms with van der Waals surface area (Å²) in [7, 11) is -3.17. The first kappa shape index (κ1) is 13.0. The molecule has 0 spiro atoms. The lowest BCUT2D eigenvalue weighted by Gasteiger charge is -2.17. The standard InChI is InChI=1S/C12H19NO2S/c1-12(2,3)8-9-16(14,15)11-6-4-10(13)5-7-11/h4-7H,8-9,13H2,1-3H3. The topological polar surface area (TPSA) is 60.2 Å². The third kappa shape index (κ3) is 3.85. The lowest BCUT2D eigenvalue weighted by atomic mass is 9.94. The monoisotopic (exact) mass is 241 g/mol. The van der Waals surface area contributed by atoms with Gasteiger partial charge in [0.25, 0.3) is 0 Å². The van der Waals surface area contributed by atoms with Crippen molar-refractivity contribution in [3.05, 3.63) is 24.3 Å². The quantitative estimate of drug-likeness (QED) is 0.827. The van der Waals surface area contributed by atoms with Gasteiger partial charge in [-0.15, -0.1) is 0 Å². The molecule has 0 radical (unpaired) electrons. The van der Waals surface area contributed by atoms with E-state index in [1.54, 1.807) is 24.3 Å². The second-order valence-corrected chi connectivity index (χ2v) is 7.31. The Hall–Kier alpha value is -1.03. The second kappa shape index (κ2) is 4.45. The third-order valence-corrected chi connectivity index (χ3v) is 4.09. The van der Waals surface area contributed by atoms with Crippen LogP contribution in [0.15, 0.2) is 29.2 Å². The molecule has 90 valence electrons. The molecule has 2 N–H and O–H groups in total. The first-order valence-corrected chi connectivity index (χ1v) is 6.94. The summed E-state index contributed by atoms with van der Waals surface area (Å²) in [4.78, 5) is 0.353. The van der Waals surface area contributed by atoms with Crippen LogP contribution in [0.3, 0.4) is 0 Å². The van der Waals surface area contributed by atoms with Gasteiger partial charge in [0.05, 0.1) is 10.6 Å². The van der Waals surface area contributed by atoms with E-state index < -0.39 is 9.84 Å². The zero-order valence-corrected chi connectivity index (χ0v) is 10.8. The van der Waals surface area contributed by atoms with Crippen LogP contribution in [-0.4, -0.2) is 14.2 Å². The van der Waals surface area contributed by atoms with Crippen LogP contribution in [0.1, 0.15) is 27.2 Å².